The summed E-state index contributed by atoms with van der Waals surface area (Å²) in [4.78, 5) is 2.06. The van der Waals surface area contributed by atoms with Gasteiger partial charge in [0.05, 0.1) is 6.61 Å². The Morgan fingerprint density at radius 1 is 1.14 bits per heavy atom. The van der Waals surface area contributed by atoms with Gasteiger partial charge in [0.2, 0.25) is 0 Å². The molecular weight excluding hydrogens is 285 g/mol. The highest BCUT2D eigenvalue weighted by atomic mass is 32.2. The molecule has 0 heterocycles. The number of ether oxygens (including phenoxy) is 1. The highest BCUT2D eigenvalue weighted by Gasteiger charge is 2.09. The van der Waals surface area contributed by atoms with E-state index in [4.69, 9.17) is 4.74 Å². The van der Waals surface area contributed by atoms with Crippen LogP contribution in [-0.4, -0.2) is 20.3 Å². The van der Waals surface area contributed by atoms with Crippen molar-refractivity contribution in [2.45, 2.75) is 23.3 Å². The first-order chi connectivity index (χ1) is 10.2. The molecule has 0 aromatic heterocycles. The first kappa shape index (κ1) is 16.0. The van der Waals surface area contributed by atoms with Gasteiger partial charge in [0, 0.05) is 35.6 Å². The minimum atomic E-state index is -0.169. The third kappa shape index (κ3) is 4.84. The minimum Gasteiger partial charge on any atom is -0.383 e. The van der Waals surface area contributed by atoms with E-state index in [1.165, 1.54) is 11.6 Å². The van der Waals surface area contributed by atoms with Crippen LogP contribution in [-0.2, 0) is 11.3 Å². The van der Waals surface area contributed by atoms with Crippen LogP contribution in [0.3, 0.4) is 0 Å². The second-order valence-electron chi connectivity index (χ2n) is 4.80. The van der Waals surface area contributed by atoms with Crippen molar-refractivity contribution in [2.24, 2.45) is 0 Å². The Labute approximate surface area is 129 Å². The maximum atomic E-state index is 14.0. The summed E-state index contributed by atoms with van der Waals surface area (Å²) in [5, 5.41) is 3.20. The van der Waals surface area contributed by atoms with E-state index in [-0.39, 0.29) is 5.82 Å². The summed E-state index contributed by atoms with van der Waals surface area (Å²) < 4.78 is 19.0. The van der Waals surface area contributed by atoms with Gasteiger partial charge in [-0.1, -0.05) is 35.5 Å². The summed E-state index contributed by atoms with van der Waals surface area (Å²) in [7, 11) is 1.66. The average Bonchev–Trinajstić information content (AvgIpc) is 2.48. The molecule has 2 nitrogen and oxygen atoms in total. The van der Waals surface area contributed by atoms with E-state index in [1.54, 1.807) is 24.9 Å². The molecule has 21 heavy (non-hydrogen) atoms. The zero-order valence-corrected chi connectivity index (χ0v) is 13.2. The number of hydrogen-bond acceptors (Lipinski definition) is 3. The number of benzene rings is 2. The maximum Gasteiger partial charge on any atom is 0.128 e. The number of aryl methyl sites for hydroxylation is 1. The first-order valence-electron chi connectivity index (χ1n) is 6.92. The second-order valence-corrected chi connectivity index (χ2v) is 5.92. The van der Waals surface area contributed by atoms with E-state index < -0.39 is 0 Å². The third-order valence-electron chi connectivity index (χ3n) is 3.11. The number of nitrogens with one attached hydrogen (secondary N) is 1. The average molecular weight is 305 g/mol. The standard InChI is InChI=1S/C17H20FNOS/c1-13-6-8-14(9-7-13)21-17-5-3-4-16(18)15(17)12-19-10-11-20-2/h3-9,19H,10-12H2,1-2H3. The van der Waals surface area contributed by atoms with Gasteiger partial charge < -0.3 is 10.1 Å². The number of hydrogen-bond donors (Lipinski definition) is 1. The number of rotatable bonds is 7. The Morgan fingerprint density at radius 3 is 2.62 bits per heavy atom. The fourth-order valence-corrected chi connectivity index (χ4v) is 2.89. The molecule has 0 aliphatic heterocycles. The van der Waals surface area contributed by atoms with Gasteiger partial charge >= 0.3 is 0 Å². The van der Waals surface area contributed by atoms with Crippen molar-refractivity contribution in [3.8, 4) is 0 Å². The van der Waals surface area contributed by atoms with Gasteiger partial charge in [-0.25, -0.2) is 4.39 Å². The highest BCUT2D eigenvalue weighted by Crippen LogP contribution is 2.31. The molecule has 0 unspecified atom stereocenters. The fourth-order valence-electron chi connectivity index (χ4n) is 1.93. The SMILES string of the molecule is COCCNCc1c(F)cccc1Sc1ccc(C)cc1. The van der Waals surface area contributed by atoms with Crippen molar-refractivity contribution in [1.29, 1.82) is 0 Å². The Bertz CT molecular complexity index is 572. The van der Waals surface area contributed by atoms with E-state index in [0.717, 1.165) is 9.79 Å². The highest BCUT2D eigenvalue weighted by molar-refractivity contribution is 7.99. The summed E-state index contributed by atoms with van der Waals surface area (Å²) in [6.07, 6.45) is 0. The van der Waals surface area contributed by atoms with Gasteiger partial charge in [-0.2, -0.15) is 0 Å². The van der Waals surface area contributed by atoms with Crippen molar-refractivity contribution in [3.63, 3.8) is 0 Å². The smallest absolute Gasteiger partial charge is 0.128 e. The van der Waals surface area contributed by atoms with Crippen LogP contribution in [0.15, 0.2) is 52.3 Å². The Kier molecular flexibility index (Phi) is 6.23. The molecule has 1 N–H and O–H groups in total. The van der Waals surface area contributed by atoms with Gasteiger partial charge in [0.25, 0.3) is 0 Å². The molecule has 2 rings (SSSR count). The normalized spacial score (nSPS) is 10.8. The first-order valence-corrected chi connectivity index (χ1v) is 7.74. The molecule has 0 fully saturated rings. The number of methoxy groups -OCH3 is 1. The summed E-state index contributed by atoms with van der Waals surface area (Å²) >= 11 is 1.59. The summed E-state index contributed by atoms with van der Waals surface area (Å²) in [6.45, 7) is 3.89. The van der Waals surface area contributed by atoms with Gasteiger partial charge in [-0.15, -0.1) is 0 Å². The predicted molar refractivity (Wildman–Crippen MR) is 85.3 cm³/mol. The van der Waals surface area contributed by atoms with Crippen LogP contribution in [0.5, 0.6) is 0 Å². The molecule has 0 atom stereocenters. The van der Waals surface area contributed by atoms with Gasteiger partial charge in [-0.3, -0.25) is 0 Å². The lowest BCUT2D eigenvalue weighted by Gasteiger charge is -2.11. The van der Waals surface area contributed by atoms with Gasteiger partial charge in [0.15, 0.2) is 0 Å². The summed E-state index contributed by atoms with van der Waals surface area (Å²) in [6, 6.07) is 13.5. The molecule has 112 valence electrons. The van der Waals surface area contributed by atoms with E-state index >= 15 is 0 Å². The predicted octanol–water partition coefficient (Wildman–Crippen LogP) is 4.02. The van der Waals surface area contributed by atoms with Gasteiger partial charge in [0.1, 0.15) is 5.82 Å². The van der Waals surface area contributed by atoms with E-state index in [0.29, 0.717) is 25.3 Å². The molecule has 0 aliphatic rings. The van der Waals surface area contributed by atoms with Crippen LogP contribution >= 0.6 is 11.8 Å². The molecule has 0 spiro atoms. The van der Waals surface area contributed by atoms with E-state index in [9.17, 15) is 4.39 Å². The van der Waals surface area contributed by atoms with E-state index in [1.807, 2.05) is 6.07 Å². The van der Waals surface area contributed by atoms with Crippen LogP contribution in [0, 0.1) is 12.7 Å². The van der Waals surface area contributed by atoms with Crippen molar-refractivity contribution < 1.29 is 9.13 Å². The molecule has 0 bridgehead atoms. The fraction of sp³-hybridized carbons (Fsp3) is 0.294. The Morgan fingerprint density at radius 2 is 1.90 bits per heavy atom. The molecular formula is C17H20FNOS. The lowest BCUT2D eigenvalue weighted by Crippen LogP contribution is -2.19. The van der Waals surface area contributed by atoms with Crippen molar-refractivity contribution in [2.75, 3.05) is 20.3 Å². The molecule has 0 amide bonds. The van der Waals surface area contributed by atoms with Gasteiger partial charge in [-0.05, 0) is 31.2 Å². The summed E-state index contributed by atoms with van der Waals surface area (Å²) in [5.41, 5.74) is 1.93. The molecule has 0 radical (unpaired) electrons. The molecule has 0 saturated heterocycles. The van der Waals surface area contributed by atoms with Crippen molar-refractivity contribution >= 4 is 11.8 Å². The largest absolute Gasteiger partial charge is 0.383 e. The number of halogens is 1. The van der Waals surface area contributed by atoms with Crippen molar-refractivity contribution in [3.05, 3.63) is 59.4 Å². The quantitative estimate of drug-likeness (QED) is 0.781. The zero-order valence-electron chi connectivity index (χ0n) is 12.4. The molecule has 4 heteroatoms. The Hall–Kier alpha value is -1.36. The zero-order chi connectivity index (χ0) is 15.1. The second kappa shape index (κ2) is 8.17. The monoisotopic (exact) mass is 305 g/mol. The van der Waals surface area contributed by atoms with Crippen LogP contribution in [0.4, 0.5) is 4.39 Å². The Balaban J connectivity index is 2.11. The maximum absolute atomic E-state index is 14.0. The summed E-state index contributed by atoms with van der Waals surface area (Å²) in [5.74, 6) is -0.169. The lowest BCUT2D eigenvalue weighted by molar-refractivity contribution is 0.199. The lowest BCUT2D eigenvalue weighted by atomic mass is 10.2. The molecule has 0 saturated carbocycles. The van der Waals surface area contributed by atoms with E-state index in [2.05, 4.69) is 36.5 Å². The van der Waals surface area contributed by atoms with Crippen LogP contribution in [0.1, 0.15) is 11.1 Å². The third-order valence-corrected chi connectivity index (χ3v) is 4.22. The van der Waals surface area contributed by atoms with Crippen LogP contribution < -0.4 is 5.32 Å². The topological polar surface area (TPSA) is 21.3 Å². The van der Waals surface area contributed by atoms with Crippen LogP contribution in [0.25, 0.3) is 0 Å². The minimum absolute atomic E-state index is 0.169. The van der Waals surface area contributed by atoms with Crippen molar-refractivity contribution in [1.82, 2.24) is 5.32 Å². The van der Waals surface area contributed by atoms with Crippen LogP contribution in [0.2, 0.25) is 0 Å². The molecule has 0 aliphatic carbocycles. The molecule has 2 aromatic rings. The molecule has 2 aromatic carbocycles.